The minimum atomic E-state index is -0.874. The number of carboxylic acids is 1. The zero-order valence-corrected chi connectivity index (χ0v) is 15.2. The number of nitrogens with one attached hydrogen (secondary N) is 2. The molecule has 0 fully saturated rings. The number of hydrogen-bond donors (Lipinski definition) is 4. The van der Waals surface area contributed by atoms with Crippen molar-refractivity contribution in [2.45, 2.75) is 18.0 Å². The van der Waals surface area contributed by atoms with Gasteiger partial charge in [0.1, 0.15) is 11.6 Å². The van der Waals surface area contributed by atoms with Crippen LogP contribution in [0.2, 0.25) is 0 Å². The molecule has 0 atom stereocenters. The predicted octanol–water partition coefficient (Wildman–Crippen LogP) is 2.95. The number of phenols is 1. The van der Waals surface area contributed by atoms with Crippen molar-refractivity contribution in [3.8, 4) is 5.75 Å². The second kappa shape index (κ2) is 8.15. The molecule has 3 rings (SSSR count). The second-order valence-corrected chi connectivity index (χ2v) is 7.62. The van der Waals surface area contributed by atoms with E-state index in [0.29, 0.717) is 28.9 Å². The Labute approximate surface area is 157 Å². The van der Waals surface area contributed by atoms with Crippen LogP contribution in [0, 0.1) is 5.41 Å². The van der Waals surface area contributed by atoms with Gasteiger partial charge in [-0.15, -0.1) is 16.4 Å². The van der Waals surface area contributed by atoms with Crippen molar-refractivity contribution < 1.29 is 15.0 Å². The van der Waals surface area contributed by atoms with Gasteiger partial charge in [-0.2, -0.15) is 0 Å². The number of aliphatic carboxylic acids is 1. The number of thiophene rings is 1. The number of aromatic amines is 1. The Bertz CT molecular complexity index is 918. The number of aromatic hydroxyl groups is 1. The average molecular weight is 388 g/mol. The van der Waals surface area contributed by atoms with Gasteiger partial charge in [0.2, 0.25) is 5.16 Å². The van der Waals surface area contributed by atoms with E-state index in [-0.39, 0.29) is 12.2 Å². The molecular formula is C17H16N4O3S2. The van der Waals surface area contributed by atoms with Crippen LogP contribution in [0.3, 0.4) is 0 Å². The summed E-state index contributed by atoms with van der Waals surface area (Å²) in [4.78, 5) is 16.6. The number of H-pyrrole nitrogens is 1. The number of hydrogen-bond acceptors (Lipinski definition) is 7. The maximum atomic E-state index is 10.7. The minimum absolute atomic E-state index is 0.0212. The third-order valence-corrected chi connectivity index (χ3v) is 5.47. The monoisotopic (exact) mass is 388 g/mol. The summed E-state index contributed by atoms with van der Waals surface area (Å²) < 4.78 is 0. The molecule has 7 nitrogen and oxygen atoms in total. The van der Waals surface area contributed by atoms with Gasteiger partial charge in [0, 0.05) is 21.9 Å². The van der Waals surface area contributed by atoms with Crippen molar-refractivity contribution >= 4 is 34.8 Å². The van der Waals surface area contributed by atoms with Crippen molar-refractivity contribution in [3.63, 3.8) is 0 Å². The Morgan fingerprint density at radius 3 is 2.73 bits per heavy atom. The number of benzene rings is 1. The van der Waals surface area contributed by atoms with Gasteiger partial charge in [0.25, 0.3) is 0 Å². The van der Waals surface area contributed by atoms with Gasteiger partial charge < -0.3 is 15.6 Å². The van der Waals surface area contributed by atoms with E-state index in [1.54, 1.807) is 24.3 Å². The Hall–Kier alpha value is -2.65. The number of nitrogens with zero attached hydrogens (tertiary/aromatic N) is 2. The lowest BCUT2D eigenvalue weighted by Crippen LogP contribution is -2.00. The first-order valence-corrected chi connectivity index (χ1v) is 9.50. The molecule has 4 N–H and O–H groups in total. The summed E-state index contributed by atoms with van der Waals surface area (Å²) >= 11 is 2.68. The maximum absolute atomic E-state index is 10.7. The summed E-state index contributed by atoms with van der Waals surface area (Å²) in [5, 5.41) is 33.8. The van der Waals surface area contributed by atoms with Crippen molar-refractivity contribution in [2.24, 2.45) is 0 Å². The highest BCUT2D eigenvalue weighted by molar-refractivity contribution is 7.99. The summed E-state index contributed by atoms with van der Waals surface area (Å²) in [6.45, 7) is 0. The van der Waals surface area contributed by atoms with Gasteiger partial charge in [-0.25, -0.2) is 4.98 Å². The topological polar surface area (TPSA) is 123 Å². The van der Waals surface area contributed by atoms with Crippen LogP contribution in [-0.2, 0) is 17.6 Å². The van der Waals surface area contributed by atoms with Gasteiger partial charge >= 0.3 is 5.97 Å². The minimum Gasteiger partial charge on any atom is -0.508 e. The summed E-state index contributed by atoms with van der Waals surface area (Å²) in [6, 6.07) is 10.4. The highest BCUT2D eigenvalue weighted by Gasteiger charge is 2.11. The molecule has 3 aromatic rings. The Balaban J connectivity index is 1.54. The van der Waals surface area contributed by atoms with E-state index >= 15 is 0 Å². The largest absolute Gasteiger partial charge is 0.508 e. The smallest absolute Gasteiger partial charge is 0.308 e. The summed E-state index contributed by atoms with van der Waals surface area (Å²) in [7, 11) is 0. The number of rotatable bonds is 8. The molecule has 9 heteroatoms. The molecule has 0 radical (unpaired) electrons. The molecule has 2 aromatic heterocycles. The van der Waals surface area contributed by atoms with E-state index in [2.05, 4.69) is 15.2 Å². The van der Waals surface area contributed by atoms with Gasteiger partial charge in [-0.3, -0.25) is 9.89 Å². The predicted molar refractivity (Wildman–Crippen MR) is 101 cm³/mol. The fourth-order valence-electron chi connectivity index (χ4n) is 2.22. The number of carbonyl (C=O) groups is 1. The van der Waals surface area contributed by atoms with Gasteiger partial charge in [-0.05, 0) is 29.8 Å². The van der Waals surface area contributed by atoms with Crippen molar-refractivity contribution in [1.82, 2.24) is 15.2 Å². The number of aromatic nitrogens is 3. The molecule has 0 saturated carbocycles. The first-order chi connectivity index (χ1) is 12.5. The van der Waals surface area contributed by atoms with E-state index in [1.165, 1.54) is 23.1 Å². The number of thioether (sulfide) groups is 1. The van der Waals surface area contributed by atoms with Crippen LogP contribution in [-0.4, -0.2) is 42.8 Å². The van der Waals surface area contributed by atoms with Crippen LogP contribution in [0.4, 0.5) is 0 Å². The Kier molecular flexibility index (Phi) is 5.69. The Morgan fingerprint density at radius 1 is 1.23 bits per heavy atom. The normalized spacial score (nSPS) is 10.8. The number of carboxylic acid groups (broad SMARTS) is 1. The molecule has 0 bridgehead atoms. The van der Waals surface area contributed by atoms with Crippen molar-refractivity contribution in [2.75, 3.05) is 5.75 Å². The van der Waals surface area contributed by atoms with Crippen LogP contribution in [0.25, 0.3) is 0 Å². The Morgan fingerprint density at radius 2 is 2.00 bits per heavy atom. The molecule has 134 valence electrons. The molecule has 0 amide bonds. The molecule has 0 aliphatic heterocycles. The van der Waals surface area contributed by atoms with E-state index in [1.807, 2.05) is 12.1 Å². The molecule has 1 aromatic carbocycles. The number of phenolic OH excluding ortho intramolecular Hbond substituents is 1. The van der Waals surface area contributed by atoms with Crippen LogP contribution >= 0.6 is 23.1 Å². The molecule has 0 aliphatic rings. The van der Waals surface area contributed by atoms with E-state index < -0.39 is 5.97 Å². The fourth-order valence-corrected chi connectivity index (χ4v) is 3.97. The molecule has 0 spiro atoms. The quantitative estimate of drug-likeness (QED) is 0.347. The first-order valence-electron chi connectivity index (χ1n) is 7.70. The molecule has 0 unspecified atom stereocenters. The second-order valence-electron chi connectivity index (χ2n) is 5.51. The van der Waals surface area contributed by atoms with Crippen LogP contribution < -0.4 is 0 Å². The standard InChI is InChI=1S/C17H16N4O3S2/c18-13(14-6-5-12(26-14)8-16(23)24)9-25-17-19-15(20-21-17)7-10-1-3-11(22)4-2-10/h1-6,18,22H,7-9H2,(H,23,24)(H,19,20,21). The van der Waals surface area contributed by atoms with Gasteiger partial charge in [0.05, 0.1) is 12.1 Å². The molecule has 26 heavy (non-hydrogen) atoms. The van der Waals surface area contributed by atoms with Gasteiger partial charge in [0.15, 0.2) is 0 Å². The van der Waals surface area contributed by atoms with Crippen LogP contribution in [0.1, 0.15) is 21.1 Å². The summed E-state index contributed by atoms with van der Waals surface area (Å²) in [5.74, 6) is 0.468. The molecular weight excluding hydrogens is 372 g/mol. The SMILES string of the molecule is N=C(CSc1n[nH]c(Cc2ccc(O)cc2)n1)c1ccc(CC(=O)O)s1. The summed E-state index contributed by atoms with van der Waals surface area (Å²) in [6.07, 6.45) is 0.557. The molecule has 0 saturated heterocycles. The van der Waals surface area contributed by atoms with Crippen molar-refractivity contribution in [3.05, 3.63) is 57.5 Å². The third kappa shape index (κ3) is 4.93. The van der Waals surface area contributed by atoms with Crippen molar-refractivity contribution in [1.29, 1.82) is 5.41 Å². The highest BCUT2D eigenvalue weighted by Crippen LogP contribution is 2.21. The highest BCUT2D eigenvalue weighted by atomic mass is 32.2. The average Bonchev–Trinajstić information content (AvgIpc) is 3.24. The molecule has 2 heterocycles. The first kappa shape index (κ1) is 18.2. The lowest BCUT2D eigenvalue weighted by atomic mass is 10.1. The zero-order chi connectivity index (χ0) is 18.5. The van der Waals surface area contributed by atoms with Gasteiger partial charge in [-0.1, -0.05) is 23.9 Å². The van der Waals surface area contributed by atoms with E-state index in [4.69, 9.17) is 10.5 Å². The van der Waals surface area contributed by atoms with Crippen LogP contribution in [0.5, 0.6) is 5.75 Å². The van der Waals surface area contributed by atoms with E-state index in [9.17, 15) is 9.90 Å². The lowest BCUT2D eigenvalue weighted by Gasteiger charge is -1.99. The van der Waals surface area contributed by atoms with E-state index in [0.717, 1.165) is 15.3 Å². The summed E-state index contributed by atoms with van der Waals surface area (Å²) in [5.41, 5.74) is 1.43. The molecule has 0 aliphatic carbocycles. The van der Waals surface area contributed by atoms with Crippen LogP contribution in [0.15, 0.2) is 41.6 Å². The fraction of sp³-hybridized carbons (Fsp3) is 0.176. The zero-order valence-electron chi connectivity index (χ0n) is 13.6. The maximum Gasteiger partial charge on any atom is 0.308 e. The third-order valence-electron chi connectivity index (χ3n) is 3.45. The lowest BCUT2D eigenvalue weighted by molar-refractivity contribution is -0.136.